The van der Waals surface area contributed by atoms with Crippen molar-refractivity contribution >= 4 is 52.8 Å². The van der Waals surface area contributed by atoms with Crippen LogP contribution in [0.5, 0.6) is 0 Å². The van der Waals surface area contributed by atoms with Crippen molar-refractivity contribution < 1.29 is 18.0 Å². The van der Waals surface area contributed by atoms with Gasteiger partial charge in [-0.25, -0.2) is 4.79 Å². The van der Waals surface area contributed by atoms with Crippen LogP contribution >= 0.6 is 23.2 Å². The monoisotopic (exact) mass is 531 g/mol. The highest BCUT2D eigenvalue weighted by Gasteiger charge is 2.33. The Bertz CT molecular complexity index is 1410. The summed E-state index contributed by atoms with van der Waals surface area (Å²) in [5.74, 6) is 1.13. The first kappa shape index (κ1) is 25.3. The highest BCUT2D eigenvalue weighted by atomic mass is 35.5. The van der Waals surface area contributed by atoms with Gasteiger partial charge in [-0.15, -0.1) is 10.2 Å². The van der Waals surface area contributed by atoms with Crippen molar-refractivity contribution in [3.05, 3.63) is 93.7 Å². The van der Waals surface area contributed by atoms with E-state index in [1.165, 1.54) is 18.2 Å². The predicted octanol–water partition coefficient (Wildman–Crippen LogP) is 7.62. The highest BCUT2D eigenvalue weighted by Crippen LogP contribution is 2.34. The Morgan fingerprint density at radius 3 is 2.22 bits per heavy atom. The number of para-hydroxylation sites is 1. The summed E-state index contributed by atoms with van der Waals surface area (Å²) in [6.45, 7) is 0. The van der Waals surface area contributed by atoms with E-state index in [-0.39, 0.29) is 5.69 Å². The molecule has 0 radical (unpaired) electrons. The quantitative estimate of drug-likeness (QED) is 0.278. The number of carbonyl (C=O) groups excluding carboxylic acids is 1. The zero-order chi connectivity index (χ0) is 25.9. The normalized spacial score (nSPS) is 11.6. The lowest BCUT2D eigenvalue weighted by molar-refractivity contribution is -0.136. The minimum atomic E-state index is -4.59. The third-order valence-electron chi connectivity index (χ3n) is 5.19. The Labute approximate surface area is 214 Å². The van der Waals surface area contributed by atoms with Gasteiger partial charge in [-0.1, -0.05) is 41.4 Å². The summed E-state index contributed by atoms with van der Waals surface area (Å²) in [6.07, 6.45) is -1.10. The number of rotatable bonds is 5. The number of nitrogens with zero attached hydrogens (tertiary/aromatic N) is 3. The number of anilines is 2. The van der Waals surface area contributed by atoms with E-state index in [0.29, 0.717) is 38.5 Å². The summed E-state index contributed by atoms with van der Waals surface area (Å²) in [7, 11) is 1.79. The van der Waals surface area contributed by atoms with Crippen LogP contribution in [0.15, 0.2) is 66.7 Å². The number of nitrogens with one attached hydrogen (secondary N) is 2. The molecule has 4 rings (SSSR count). The second kappa shape index (κ2) is 10.4. The zero-order valence-corrected chi connectivity index (χ0v) is 20.2. The van der Waals surface area contributed by atoms with Crippen molar-refractivity contribution in [1.29, 1.82) is 0 Å². The van der Waals surface area contributed by atoms with Gasteiger partial charge in [-0.3, -0.25) is 0 Å². The molecule has 2 amide bonds. The molecule has 0 aliphatic heterocycles. The predicted molar refractivity (Wildman–Crippen MR) is 136 cm³/mol. The Morgan fingerprint density at radius 2 is 1.56 bits per heavy atom. The van der Waals surface area contributed by atoms with Crippen LogP contribution in [0, 0.1) is 0 Å². The van der Waals surface area contributed by atoms with Crippen molar-refractivity contribution in [3.8, 4) is 11.4 Å². The first-order valence-electron chi connectivity index (χ1n) is 10.5. The molecule has 36 heavy (non-hydrogen) atoms. The van der Waals surface area contributed by atoms with Gasteiger partial charge in [0.2, 0.25) is 0 Å². The van der Waals surface area contributed by atoms with Crippen LogP contribution in [0.25, 0.3) is 23.5 Å². The lowest BCUT2D eigenvalue weighted by Crippen LogP contribution is -2.21. The van der Waals surface area contributed by atoms with Crippen molar-refractivity contribution in [1.82, 2.24) is 14.8 Å². The van der Waals surface area contributed by atoms with Crippen LogP contribution in [0.3, 0.4) is 0 Å². The molecular weight excluding hydrogens is 514 g/mol. The van der Waals surface area contributed by atoms with E-state index in [4.69, 9.17) is 23.2 Å². The molecule has 0 spiro atoms. The topological polar surface area (TPSA) is 71.8 Å². The largest absolute Gasteiger partial charge is 0.418 e. The van der Waals surface area contributed by atoms with Gasteiger partial charge in [0.1, 0.15) is 0 Å². The lowest BCUT2D eigenvalue weighted by Gasteiger charge is -2.14. The minimum absolute atomic E-state index is 0.336. The number of hydrogen-bond acceptors (Lipinski definition) is 3. The number of aromatic nitrogens is 3. The zero-order valence-electron chi connectivity index (χ0n) is 18.6. The molecule has 2 N–H and O–H groups in total. The Hall–Kier alpha value is -3.82. The van der Waals surface area contributed by atoms with Gasteiger partial charge in [0.05, 0.1) is 11.3 Å². The summed E-state index contributed by atoms with van der Waals surface area (Å²) in [5, 5.41) is 14.2. The van der Waals surface area contributed by atoms with Crippen LogP contribution in [-0.2, 0) is 13.2 Å². The van der Waals surface area contributed by atoms with E-state index in [9.17, 15) is 18.0 Å². The lowest BCUT2D eigenvalue weighted by atomic mass is 10.1. The molecule has 4 aromatic rings. The average molecular weight is 532 g/mol. The van der Waals surface area contributed by atoms with Gasteiger partial charge in [-0.05, 0) is 60.7 Å². The summed E-state index contributed by atoms with van der Waals surface area (Å²) in [4.78, 5) is 12.3. The Balaban J connectivity index is 1.46. The molecule has 0 fully saturated rings. The van der Waals surface area contributed by atoms with Crippen LogP contribution in [0.1, 0.15) is 17.0 Å². The van der Waals surface area contributed by atoms with E-state index >= 15 is 0 Å². The van der Waals surface area contributed by atoms with Gasteiger partial charge in [-0.2, -0.15) is 13.2 Å². The molecule has 0 unspecified atom stereocenters. The van der Waals surface area contributed by atoms with Gasteiger partial charge in [0.25, 0.3) is 0 Å². The molecular formula is C25H18Cl2F3N5O. The van der Waals surface area contributed by atoms with Crippen LogP contribution in [0.4, 0.5) is 29.3 Å². The summed E-state index contributed by atoms with van der Waals surface area (Å²) < 4.78 is 41.2. The van der Waals surface area contributed by atoms with E-state index in [2.05, 4.69) is 20.8 Å². The molecule has 6 nitrogen and oxygen atoms in total. The fourth-order valence-electron chi connectivity index (χ4n) is 3.39. The fourth-order valence-corrected chi connectivity index (χ4v) is 3.92. The number of hydrogen-bond donors (Lipinski definition) is 2. The van der Waals surface area contributed by atoms with Gasteiger partial charge in [0.15, 0.2) is 11.6 Å². The smallest absolute Gasteiger partial charge is 0.311 e. The SMILES string of the molecule is Cn1c(/C=C/c2c(Cl)cccc2Cl)nnc1-c1ccc(NC(=O)Nc2ccccc2C(F)(F)F)cc1. The average Bonchev–Trinajstić information content (AvgIpc) is 3.19. The van der Waals surface area contributed by atoms with Crippen molar-refractivity contribution in [2.75, 3.05) is 10.6 Å². The van der Waals surface area contributed by atoms with Gasteiger partial charge < -0.3 is 15.2 Å². The van der Waals surface area contributed by atoms with E-state index in [1.807, 2.05) is 0 Å². The fraction of sp³-hybridized carbons (Fsp3) is 0.0800. The summed E-state index contributed by atoms with van der Waals surface area (Å²) in [6, 6.07) is 15.8. The Morgan fingerprint density at radius 1 is 0.889 bits per heavy atom. The third-order valence-corrected chi connectivity index (χ3v) is 5.85. The molecule has 184 valence electrons. The van der Waals surface area contributed by atoms with Crippen LogP contribution in [0.2, 0.25) is 10.0 Å². The van der Waals surface area contributed by atoms with Gasteiger partial charge in [0, 0.05) is 33.9 Å². The maximum absolute atomic E-state index is 13.1. The minimum Gasteiger partial charge on any atom is -0.311 e. The third kappa shape index (κ3) is 5.69. The second-order valence-electron chi connectivity index (χ2n) is 7.61. The van der Waals surface area contributed by atoms with Crippen molar-refractivity contribution in [2.45, 2.75) is 6.18 Å². The van der Waals surface area contributed by atoms with Crippen LogP contribution < -0.4 is 10.6 Å². The maximum atomic E-state index is 13.1. The first-order valence-corrected chi connectivity index (χ1v) is 11.3. The molecule has 0 bridgehead atoms. The van der Waals surface area contributed by atoms with E-state index in [1.54, 1.807) is 66.2 Å². The number of amides is 2. The molecule has 0 saturated heterocycles. The number of benzene rings is 3. The number of halogens is 5. The molecule has 1 heterocycles. The molecule has 3 aromatic carbocycles. The van der Waals surface area contributed by atoms with Gasteiger partial charge >= 0.3 is 12.2 Å². The molecule has 11 heteroatoms. The molecule has 0 saturated carbocycles. The molecule has 0 aliphatic rings. The number of carbonyl (C=O) groups is 1. The second-order valence-corrected chi connectivity index (χ2v) is 8.42. The molecule has 0 atom stereocenters. The van der Waals surface area contributed by atoms with Crippen molar-refractivity contribution in [2.24, 2.45) is 7.05 Å². The summed E-state index contributed by atoms with van der Waals surface area (Å²) in [5.41, 5.74) is 0.499. The van der Waals surface area contributed by atoms with E-state index in [0.717, 1.165) is 6.07 Å². The molecule has 0 aliphatic carbocycles. The molecule has 1 aromatic heterocycles. The number of urea groups is 1. The standard InChI is InChI=1S/C25H18Cl2F3N5O/c1-35-22(14-13-17-19(26)6-4-7-20(17)27)33-34-23(35)15-9-11-16(12-10-15)31-24(36)32-21-8-3-2-5-18(21)25(28,29)30/h2-14H,1H3,(H2,31,32,36)/b14-13+. The summed E-state index contributed by atoms with van der Waals surface area (Å²) >= 11 is 12.4. The Kier molecular flexibility index (Phi) is 7.32. The highest BCUT2D eigenvalue weighted by molar-refractivity contribution is 6.37. The van der Waals surface area contributed by atoms with Crippen LogP contribution in [-0.4, -0.2) is 20.8 Å². The van der Waals surface area contributed by atoms with E-state index < -0.39 is 17.8 Å². The number of alkyl halides is 3. The first-order chi connectivity index (χ1) is 17.1. The maximum Gasteiger partial charge on any atom is 0.418 e. The van der Waals surface area contributed by atoms with Crippen molar-refractivity contribution in [3.63, 3.8) is 0 Å².